The Bertz CT molecular complexity index is 554. The summed E-state index contributed by atoms with van der Waals surface area (Å²) in [5.74, 6) is 0.300. The third-order valence-electron chi connectivity index (χ3n) is 3.31. The summed E-state index contributed by atoms with van der Waals surface area (Å²) in [5.41, 5.74) is 6.30. The second-order valence-electron chi connectivity index (χ2n) is 4.70. The molecule has 0 spiro atoms. The Morgan fingerprint density at radius 3 is 1.83 bits per heavy atom. The Balaban J connectivity index is 2.26. The Hall–Kier alpha value is -2.02. The molecule has 0 saturated heterocycles. The molecule has 2 aromatic rings. The third kappa shape index (κ3) is 2.80. The molecular weight excluding hydrogens is 220 g/mol. The molecule has 0 atom stereocenters. The number of aromatic hydroxyl groups is 1. The van der Waals surface area contributed by atoms with E-state index in [2.05, 4.69) is 45.1 Å². The van der Waals surface area contributed by atoms with Crippen LogP contribution < -0.4 is 0 Å². The van der Waals surface area contributed by atoms with Crippen LogP contribution in [-0.2, 0) is 0 Å². The SMILES string of the molecule is Cc1cc(C=Cc2ccc(O)cc2)cc(C)c1C. The molecule has 0 aliphatic carbocycles. The van der Waals surface area contributed by atoms with Crippen molar-refractivity contribution < 1.29 is 5.11 Å². The third-order valence-corrected chi connectivity index (χ3v) is 3.31. The minimum absolute atomic E-state index is 0.300. The smallest absolute Gasteiger partial charge is 0.115 e. The van der Waals surface area contributed by atoms with E-state index in [4.69, 9.17) is 0 Å². The van der Waals surface area contributed by atoms with Gasteiger partial charge < -0.3 is 5.11 Å². The fourth-order valence-corrected chi connectivity index (χ4v) is 1.94. The van der Waals surface area contributed by atoms with E-state index >= 15 is 0 Å². The average molecular weight is 238 g/mol. The standard InChI is InChI=1S/C17H18O/c1-12-10-16(11-13(2)14(12)3)5-4-15-6-8-17(18)9-7-15/h4-11,18H,1-3H3. The van der Waals surface area contributed by atoms with E-state index in [0.29, 0.717) is 5.75 Å². The highest BCUT2D eigenvalue weighted by Crippen LogP contribution is 2.18. The molecule has 0 bridgehead atoms. The molecule has 1 heteroatoms. The van der Waals surface area contributed by atoms with Crippen LogP contribution in [-0.4, -0.2) is 5.11 Å². The highest BCUT2D eigenvalue weighted by Gasteiger charge is 1.98. The van der Waals surface area contributed by atoms with Crippen molar-refractivity contribution in [1.29, 1.82) is 0 Å². The predicted molar refractivity (Wildman–Crippen MR) is 77.7 cm³/mol. The van der Waals surface area contributed by atoms with E-state index in [1.807, 2.05) is 12.1 Å². The first-order valence-electron chi connectivity index (χ1n) is 6.11. The Kier molecular flexibility index (Phi) is 3.52. The summed E-state index contributed by atoms with van der Waals surface area (Å²) in [7, 11) is 0. The zero-order valence-corrected chi connectivity index (χ0v) is 11.1. The molecule has 0 aromatic heterocycles. The molecule has 1 N–H and O–H groups in total. The molecule has 0 saturated carbocycles. The summed E-state index contributed by atoms with van der Waals surface area (Å²) >= 11 is 0. The van der Waals surface area contributed by atoms with Crippen molar-refractivity contribution in [2.45, 2.75) is 20.8 Å². The van der Waals surface area contributed by atoms with Crippen LogP contribution in [0.4, 0.5) is 0 Å². The molecule has 0 aliphatic heterocycles. The quantitative estimate of drug-likeness (QED) is 0.764. The van der Waals surface area contributed by atoms with Gasteiger partial charge >= 0.3 is 0 Å². The van der Waals surface area contributed by atoms with Crippen molar-refractivity contribution in [3.63, 3.8) is 0 Å². The molecule has 1 nitrogen and oxygen atoms in total. The summed E-state index contributed by atoms with van der Waals surface area (Å²) < 4.78 is 0. The Morgan fingerprint density at radius 1 is 0.778 bits per heavy atom. The lowest BCUT2D eigenvalue weighted by atomic mass is 10.00. The van der Waals surface area contributed by atoms with Crippen LogP contribution in [0.15, 0.2) is 36.4 Å². The lowest BCUT2D eigenvalue weighted by Gasteiger charge is -2.06. The number of phenols is 1. The fraction of sp³-hybridized carbons (Fsp3) is 0.176. The van der Waals surface area contributed by atoms with Gasteiger partial charge in [0.15, 0.2) is 0 Å². The van der Waals surface area contributed by atoms with Gasteiger partial charge in [-0.3, -0.25) is 0 Å². The summed E-state index contributed by atoms with van der Waals surface area (Å²) in [6.45, 7) is 6.43. The number of hydrogen-bond donors (Lipinski definition) is 1. The number of rotatable bonds is 2. The monoisotopic (exact) mass is 238 g/mol. The number of phenolic OH excluding ortho intramolecular Hbond substituents is 1. The van der Waals surface area contributed by atoms with Gasteiger partial charge in [-0.1, -0.05) is 36.4 Å². The van der Waals surface area contributed by atoms with E-state index in [0.717, 1.165) is 5.56 Å². The molecule has 0 unspecified atom stereocenters. The van der Waals surface area contributed by atoms with E-state index in [1.54, 1.807) is 12.1 Å². The van der Waals surface area contributed by atoms with Crippen molar-refractivity contribution >= 4 is 12.2 Å². The van der Waals surface area contributed by atoms with Crippen LogP contribution in [0.5, 0.6) is 5.75 Å². The normalized spacial score (nSPS) is 11.1. The van der Waals surface area contributed by atoms with Crippen molar-refractivity contribution in [3.8, 4) is 5.75 Å². The van der Waals surface area contributed by atoms with E-state index in [1.165, 1.54) is 22.3 Å². The van der Waals surface area contributed by atoms with Crippen LogP contribution in [0.1, 0.15) is 27.8 Å². The van der Waals surface area contributed by atoms with Gasteiger partial charge in [-0.05, 0) is 60.7 Å². The molecule has 0 heterocycles. The van der Waals surface area contributed by atoms with Crippen molar-refractivity contribution in [2.75, 3.05) is 0 Å². The van der Waals surface area contributed by atoms with Crippen molar-refractivity contribution in [2.24, 2.45) is 0 Å². The lowest BCUT2D eigenvalue weighted by Crippen LogP contribution is -1.87. The number of benzene rings is 2. The molecule has 2 rings (SSSR count). The first-order chi connectivity index (χ1) is 8.56. The summed E-state index contributed by atoms with van der Waals surface area (Å²) in [5, 5.41) is 9.22. The fourth-order valence-electron chi connectivity index (χ4n) is 1.94. The predicted octanol–water partition coefficient (Wildman–Crippen LogP) is 4.49. The maximum atomic E-state index is 9.22. The van der Waals surface area contributed by atoms with Crippen LogP contribution in [0.2, 0.25) is 0 Å². The topological polar surface area (TPSA) is 20.2 Å². The second-order valence-corrected chi connectivity index (χ2v) is 4.70. The molecule has 0 fully saturated rings. The number of aryl methyl sites for hydroxylation is 2. The van der Waals surface area contributed by atoms with Crippen LogP contribution in [0, 0.1) is 20.8 Å². The van der Waals surface area contributed by atoms with E-state index in [-0.39, 0.29) is 0 Å². The minimum atomic E-state index is 0.300. The largest absolute Gasteiger partial charge is 0.508 e. The Morgan fingerprint density at radius 2 is 1.28 bits per heavy atom. The Labute approximate surface area is 108 Å². The van der Waals surface area contributed by atoms with Crippen LogP contribution in [0.3, 0.4) is 0 Å². The van der Waals surface area contributed by atoms with Crippen LogP contribution >= 0.6 is 0 Å². The van der Waals surface area contributed by atoms with Gasteiger partial charge in [-0.2, -0.15) is 0 Å². The summed E-state index contributed by atoms with van der Waals surface area (Å²) in [6, 6.07) is 11.6. The molecule has 0 radical (unpaired) electrons. The van der Waals surface area contributed by atoms with Gasteiger partial charge in [0.25, 0.3) is 0 Å². The number of hydrogen-bond acceptors (Lipinski definition) is 1. The maximum absolute atomic E-state index is 9.22. The molecule has 92 valence electrons. The molecule has 0 amide bonds. The molecule has 0 aliphatic rings. The van der Waals surface area contributed by atoms with Gasteiger partial charge in [-0.25, -0.2) is 0 Å². The highest BCUT2D eigenvalue weighted by molar-refractivity contribution is 5.70. The van der Waals surface area contributed by atoms with Gasteiger partial charge in [0.2, 0.25) is 0 Å². The lowest BCUT2D eigenvalue weighted by molar-refractivity contribution is 0.475. The van der Waals surface area contributed by atoms with Crippen LogP contribution in [0.25, 0.3) is 12.2 Å². The maximum Gasteiger partial charge on any atom is 0.115 e. The zero-order chi connectivity index (χ0) is 13.1. The minimum Gasteiger partial charge on any atom is -0.508 e. The summed E-state index contributed by atoms with van der Waals surface area (Å²) in [4.78, 5) is 0. The van der Waals surface area contributed by atoms with Gasteiger partial charge in [0, 0.05) is 0 Å². The van der Waals surface area contributed by atoms with Gasteiger partial charge in [0.05, 0.1) is 0 Å². The van der Waals surface area contributed by atoms with Gasteiger partial charge in [0.1, 0.15) is 5.75 Å². The summed E-state index contributed by atoms with van der Waals surface area (Å²) in [6.07, 6.45) is 4.16. The average Bonchev–Trinajstić information content (AvgIpc) is 2.35. The van der Waals surface area contributed by atoms with E-state index in [9.17, 15) is 5.11 Å². The van der Waals surface area contributed by atoms with Gasteiger partial charge in [-0.15, -0.1) is 0 Å². The van der Waals surface area contributed by atoms with E-state index < -0.39 is 0 Å². The first kappa shape index (κ1) is 12.4. The second kappa shape index (κ2) is 5.09. The zero-order valence-electron chi connectivity index (χ0n) is 11.1. The van der Waals surface area contributed by atoms with Crippen molar-refractivity contribution in [3.05, 3.63) is 64.2 Å². The van der Waals surface area contributed by atoms with Crippen molar-refractivity contribution in [1.82, 2.24) is 0 Å². The highest BCUT2D eigenvalue weighted by atomic mass is 16.3. The first-order valence-corrected chi connectivity index (χ1v) is 6.11. The molecule has 18 heavy (non-hydrogen) atoms. The molecular formula is C17H18O. The molecule has 2 aromatic carbocycles.